The van der Waals surface area contributed by atoms with Crippen molar-refractivity contribution in [1.82, 2.24) is 0 Å². The van der Waals surface area contributed by atoms with Crippen LogP contribution in [0.2, 0.25) is 0 Å². The van der Waals surface area contributed by atoms with Crippen molar-refractivity contribution >= 4 is 5.78 Å². The van der Waals surface area contributed by atoms with E-state index in [-0.39, 0.29) is 0 Å². The Labute approximate surface area is 105 Å². The normalized spacial score (nSPS) is 13.9. The number of aliphatic hydroxyl groups is 2. The summed E-state index contributed by atoms with van der Waals surface area (Å²) >= 11 is 0. The van der Waals surface area contributed by atoms with Crippen molar-refractivity contribution in [3.05, 3.63) is 71.8 Å². The van der Waals surface area contributed by atoms with Crippen LogP contribution in [0.3, 0.4) is 0 Å². The highest BCUT2D eigenvalue weighted by atomic mass is 16.3. The van der Waals surface area contributed by atoms with Gasteiger partial charge in [-0.05, 0) is 5.56 Å². The van der Waals surface area contributed by atoms with Gasteiger partial charge in [0.05, 0.1) is 0 Å². The number of carbonyl (C=O) groups is 1. The molecule has 18 heavy (non-hydrogen) atoms. The highest BCUT2D eigenvalue weighted by molar-refractivity contribution is 5.99. The van der Waals surface area contributed by atoms with Crippen molar-refractivity contribution in [2.75, 3.05) is 0 Å². The van der Waals surface area contributed by atoms with E-state index in [4.69, 9.17) is 0 Å². The Morgan fingerprint density at radius 3 is 1.89 bits per heavy atom. The maximum absolute atomic E-state index is 11.9. The summed E-state index contributed by atoms with van der Waals surface area (Å²) in [6, 6.07) is 17.1. The Balaban J connectivity index is 2.17. The van der Waals surface area contributed by atoms with E-state index < -0.39 is 18.0 Å². The third-order valence-electron chi connectivity index (χ3n) is 2.77. The molecule has 2 N–H and O–H groups in total. The molecular formula is C15H14O3. The molecule has 0 spiro atoms. The number of Topliss-reactive ketones (excluding diaryl/α,β-unsaturated/α-hetero) is 1. The third kappa shape index (κ3) is 2.64. The topological polar surface area (TPSA) is 57.5 Å². The van der Waals surface area contributed by atoms with Gasteiger partial charge in [0, 0.05) is 5.56 Å². The summed E-state index contributed by atoms with van der Waals surface area (Å²) in [6.07, 6.45) is -2.66. The first-order chi connectivity index (χ1) is 8.70. The largest absolute Gasteiger partial charge is 0.385 e. The van der Waals surface area contributed by atoms with Crippen LogP contribution in [0.1, 0.15) is 22.0 Å². The molecule has 0 aliphatic rings. The van der Waals surface area contributed by atoms with E-state index in [1.165, 1.54) is 0 Å². The monoisotopic (exact) mass is 242 g/mol. The first kappa shape index (κ1) is 12.5. The number of rotatable bonds is 4. The van der Waals surface area contributed by atoms with Crippen LogP contribution in [0, 0.1) is 0 Å². The average molecular weight is 242 g/mol. The minimum atomic E-state index is -1.45. The van der Waals surface area contributed by atoms with E-state index in [0.29, 0.717) is 11.1 Å². The van der Waals surface area contributed by atoms with Crippen LogP contribution < -0.4 is 0 Å². The van der Waals surface area contributed by atoms with Crippen molar-refractivity contribution < 1.29 is 15.0 Å². The summed E-state index contributed by atoms with van der Waals surface area (Å²) in [6.45, 7) is 0. The van der Waals surface area contributed by atoms with Crippen molar-refractivity contribution in [2.24, 2.45) is 0 Å². The van der Waals surface area contributed by atoms with E-state index in [1.54, 1.807) is 54.6 Å². The van der Waals surface area contributed by atoms with E-state index in [9.17, 15) is 15.0 Å². The second-order valence-electron chi connectivity index (χ2n) is 4.03. The van der Waals surface area contributed by atoms with Crippen LogP contribution in [0.4, 0.5) is 0 Å². The maximum atomic E-state index is 11.9. The number of hydrogen-bond acceptors (Lipinski definition) is 3. The molecule has 2 atom stereocenters. The lowest BCUT2D eigenvalue weighted by Crippen LogP contribution is -2.28. The molecular weight excluding hydrogens is 228 g/mol. The molecule has 2 unspecified atom stereocenters. The Morgan fingerprint density at radius 1 is 0.833 bits per heavy atom. The van der Waals surface area contributed by atoms with Gasteiger partial charge in [0.15, 0.2) is 5.78 Å². The standard InChI is InChI=1S/C15H14O3/c16-13(11-7-3-1-4-8-11)15(18)14(17)12-9-5-2-6-10-12/h1-10,13,15-16,18H. The smallest absolute Gasteiger partial charge is 0.194 e. The van der Waals surface area contributed by atoms with Crippen molar-refractivity contribution in [3.63, 3.8) is 0 Å². The molecule has 2 aromatic rings. The van der Waals surface area contributed by atoms with Gasteiger partial charge in [-0.25, -0.2) is 0 Å². The number of ketones is 1. The van der Waals surface area contributed by atoms with Gasteiger partial charge in [0.1, 0.15) is 12.2 Å². The summed E-state index contributed by atoms with van der Waals surface area (Å²) in [4.78, 5) is 11.9. The predicted octanol–water partition coefficient (Wildman–Crippen LogP) is 1.96. The molecule has 0 saturated carbocycles. The zero-order chi connectivity index (χ0) is 13.0. The Hall–Kier alpha value is -1.97. The summed E-state index contributed by atoms with van der Waals surface area (Å²) in [7, 11) is 0. The third-order valence-corrected chi connectivity index (χ3v) is 2.77. The number of carbonyl (C=O) groups excluding carboxylic acids is 1. The van der Waals surface area contributed by atoms with Crippen molar-refractivity contribution in [3.8, 4) is 0 Å². The van der Waals surface area contributed by atoms with Crippen LogP contribution in [0.5, 0.6) is 0 Å². The molecule has 2 aromatic carbocycles. The quantitative estimate of drug-likeness (QED) is 0.806. The molecule has 0 radical (unpaired) electrons. The number of benzene rings is 2. The van der Waals surface area contributed by atoms with Crippen LogP contribution in [0.15, 0.2) is 60.7 Å². The SMILES string of the molecule is O=C(c1ccccc1)C(O)C(O)c1ccccc1. The minimum Gasteiger partial charge on any atom is -0.385 e. The van der Waals surface area contributed by atoms with Gasteiger partial charge in [-0.2, -0.15) is 0 Å². The fourth-order valence-electron chi connectivity index (χ4n) is 1.75. The lowest BCUT2D eigenvalue weighted by atomic mass is 9.97. The Bertz CT molecular complexity index is 508. The lowest BCUT2D eigenvalue weighted by molar-refractivity contribution is 0.0204. The molecule has 0 amide bonds. The maximum Gasteiger partial charge on any atom is 0.194 e. The van der Waals surface area contributed by atoms with E-state index in [0.717, 1.165) is 0 Å². The number of aliphatic hydroxyl groups excluding tert-OH is 2. The van der Waals surface area contributed by atoms with Crippen molar-refractivity contribution in [1.29, 1.82) is 0 Å². The molecule has 0 aliphatic carbocycles. The summed E-state index contributed by atoms with van der Waals surface area (Å²) in [5.41, 5.74) is 0.911. The zero-order valence-corrected chi connectivity index (χ0v) is 9.73. The highest BCUT2D eigenvalue weighted by Gasteiger charge is 2.26. The van der Waals surface area contributed by atoms with Gasteiger partial charge in [-0.15, -0.1) is 0 Å². The van der Waals surface area contributed by atoms with Gasteiger partial charge in [0.2, 0.25) is 0 Å². The van der Waals surface area contributed by atoms with Crippen LogP contribution in [-0.4, -0.2) is 22.1 Å². The predicted molar refractivity (Wildman–Crippen MR) is 68.2 cm³/mol. The van der Waals surface area contributed by atoms with Gasteiger partial charge in [0.25, 0.3) is 0 Å². The molecule has 0 aliphatic heterocycles. The van der Waals surface area contributed by atoms with Gasteiger partial charge in [-0.3, -0.25) is 4.79 Å². The fraction of sp³-hybridized carbons (Fsp3) is 0.133. The molecule has 3 nitrogen and oxygen atoms in total. The Kier molecular flexibility index (Phi) is 3.87. The average Bonchev–Trinajstić information content (AvgIpc) is 2.47. The molecule has 0 fully saturated rings. The van der Waals surface area contributed by atoms with Crippen LogP contribution in [-0.2, 0) is 0 Å². The van der Waals surface area contributed by atoms with Gasteiger partial charge >= 0.3 is 0 Å². The molecule has 3 heteroatoms. The van der Waals surface area contributed by atoms with Crippen molar-refractivity contribution in [2.45, 2.75) is 12.2 Å². The molecule has 0 bridgehead atoms. The van der Waals surface area contributed by atoms with E-state index >= 15 is 0 Å². The highest BCUT2D eigenvalue weighted by Crippen LogP contribution is 2.19. The lowest BCUT2D eigenvalue weighted by Gasteiger charge is -2.17. The summed E-state index contributed by atoms with van der Waals surface area (Å²) in [5, 5.41) is 19.8. The molecule has 2 rings (SSSR count). The Morgan fingerprint density at radius 2 is 1.33 bits per heavy atom. The van der Waals surface area contributed by atoms with Gasteiger partial charge < -0.3 is 10.2 Å². The first-order valence-corrected chi connectivity index (χ1v) is 5.70. The minimum absolute atomic E-state index is 0.389. The second kappa shape index (κ2) is 5.58. The number of hydrogen-bond donors (Lipinski definition) is 2. The van der Waals surface area contributed by atoms with Crippen LogP contribution in [0.25, 0.3) is 0 Å². The zero-order valence-electron chi connectivity index (χ0n) is 9.73. The van der Waals surface area contributed by atoms with Gasteiger partial charge in [-0.1, -0.05) is 60.7 Å². The second-order valence-corrected chi connectivity index (χ2v) is 4.03. The van der Waals surface area contributed by atoms with Crippen LogP contribution >= 0.6 is 0 Å². The van der Waals surface area contributed by atoms with E-state index in [1.807, 2.05) is 6.07 Å². The first-order valence-electron chi connectivity index (χ1n) is 5.70. The molecule has 0 heterocycles. The summed E-state index contributed by atoms with van der Waals surface area (Å²) in [5.74, 6) is -0.480. The summed E-state index contributed by atoms with van der Waals surface area (Å²) < 4.78 is 0. The molecule has 0 aromatic heterocycles. The fourth-order valence-corrected chi connectivity index (χ4v) is 1.75. The molecule has 0 saturated heterocycles. The molecule has 92 valence electrons. The van der Waals surface area contributed by atoms with E-state index in [2.05, 4.69) is 0 Å².